The fraction of sp³-hybridized carbons (Fsp3) is 0.0667. The van der Waals surface area contributed by atoms with Gasteiger partial charge in [0, 0.05) is 11.8 Å². The molecule has 21 heavy (non-hydrogen) atoms. The molecule has 0 N–H and O–H groups in total. The van der Waals surface area contributed by atoms with Crippen LogP contribution in [0.1, 0.15) is 5.56 Å². The van der Waals surface area contributed by atoms with E-state index in [-0.39, 0.29) is 5.56 Å². The van der Waals surface area contributed by atoms with Crippen molar-refractivity contribution >= 4 is 11.3 Å². The largest absolute Gasteiger partial charge is 0.417 e. The molecule has 0 saturated heterocycles. The summed E-state index contributed by atoms with van der Waals surface area (Å²) < 4.78 is 39.5. The van der Waals surface area contributed by atoms with E-state index in [1.807, 2.05) is 17.5 Å². The number of thiophene rings is 1. The van der Waals surface area contributed by atoms with E-state index in [1.54, 1.807) is 6.07 Å². The molecule has 2 heterocycles. The van der Waals surface area contributed by atoms with Crippen molar-refractivity contribution in [2.75, 3.05) is 0 Å². The van der Waals surface area contributed by atoms with Crippen LogP contribution in [0, 0.1) is 0 Å². The minimum Gasteiger partial charge on any atom is -0.244 e. The number of alkyl halides is 3. The van der Waals surface area contributed by atoms with E-state index in [4.69, 9.17) is 0 Å². The number of benzene rings is 1. The molecule has 0 radical (unpaired) electrons. The fourth-order valence-corrected chi connectivity index (χ4v) is 2.84. The number of rotatable bonds is 2. The minimum atomic E-state index is -4.42. The fourth-order valence-electron chi connectivity index (χ4n) is 2.10. The molecule has 0 atom stereocenters. The zero-order chi connectivity index (χ0) is 14.9. The topological polar surface area (TPSA) is 25.8 Å². The Hall–Kier alpha value is -2.21. The number of halogens is 3. The van der Waals surface area contributed by atoms with E-state index in [2.05, 4.69) is 9.97 Å². The summed E-state index contributed by atoms with van der Waals surface area (Å²) in [5.74, 6) is 0. The Morgan fingerprint density at radius 3 is 2.48 bits per heavy atom. The van der Waals surface area contributed by atoms with E-state index in [0.29, 0.717) is 11.3 Å². The normalized spacial score (nSPS) is 11.6. The average Bonchev–Trinajstić information content (AvgIpc) is 3.00. The van der Waals surface area contributed by atoms with Crippen LogP contribution in [-0.2, 0) is 6.18 Å². The maximum Gasteiger partial charge on any atom is 0.417 e. The Morgan fingerprint density at radius 1 is 0.952 bits per heavy atom. The third-order valence-corrected chi connectivity index (χ3v) is 3.87. The van der Waals surface area contributed by atoms with E-state index in [1.165, 1.54) is 36.0 Å². The number of hydrogen-bond donors (Lipinski definition) is 0. The molecule has 3 rings (SSSR count). The van der Waals surface area contributed by atoms with Gasteiger partial charge in [-0.2, -0.15) is 13.2 Å². The van der Waals surface area contributed by atoms with Gasteiger partial charge in [0.25, 0.3) is 0 Å². The summed E-state index contributed by atoms with van der Waals surface area (Å²) in [5, 5.41) is 1.86. The van der Waals surface area contributed by atoms with Crippen LogP contribution in [0.15, 0.2) is 54.3 Å². The molecule has 3 aromatic rings. The molecule has 2 aromatic heterocycles. The third-order valence-electron chi connectivity index (χ3n) is 2.99. The molecule has 0 aliphatic carbocycles. The van der Waals surface area contributed by atoms with Crippen LogP contribution in [-0.4, -0.2) is 9.97 Å². The molecule has 0 bridgehead atoms. The number of hydrogen-bond acceptors (Lipinski definition) is 3. The van der Waals surface area contributed by atoms with E-state index in [9.17, 15) is 13.2 Å². The molecule has 0 aliphatic heterocycles. The van der Waals surface area contributed by atoms with Crippen molar-refractivity contribution in [3.63, 3.8) is 0 Å². The monoisotopic (exact) mass is 306 g/mol. The quantitative estimate of drug-likeness (QED) is 0.673. The maximum atomic E-state index is 13.2. The van der Waals surface area contributed by atoms with Gasteiger partial charge in [-0.05, 0) is 23.1 Å². The van der Waals surface area contributed by atoms with Gasteiger partial charge in [-0.3, -0.25) is 0 Å². The molecule has 0 aliphatic rings. The molecule has 106 valence electrons. The van der Waals surface area contributed by atoms with Crippen molar-refractivity contribution < 1.29 is 13.2 Å². The highest BCUT2D eigenvalue weighted by Gasteiger charge is 2.34. The Bertz CT molecular complexity index is 752. The van der Waals surface area contributed by atoms with Crippen LogP contribution in [0.2, 0.25) is 0 Å². The second-order valence-electron chi connectivity index (χ2n) is 4.31. The second-order valence-corrected chi connectivity index (χ2v) is 5.25. The van der Waals surface area contributed by atoms with Gasteiger partial charge in [0.1, 0.15) is 6.33 Å². The first-order valence-corrected chi connectivity index (χ1v) is 6.96. The smallest absolute Gasteiger partial charge is 0.244 e. The van der Waals surface area contributed by atoms with Crippen molar-refractivity contribution in [2.24, 2.45) is 0 Å². The molecule has 0 unspecified atom stereocenters. The first kappa shape index (κ1) is 13.8. The van der Waals surface area contributed by atoms with Gasteiger partial charge in [0.15, 0.2) is 0 Å². The van der Waals surface area contributed by atoms with Gasteiger partial charge in [-0.15, -0.1) is 11.3 Å². The van der Waals surface area contributed by atoms with Gasteiger partial charge < -0.3 is 0 Å². The van der Waals surface area contributed by atoms with Crippen molar-refractivity contribution in [3.8, 4) is 21.7 Å². The average molecular weight is 306 g/mol. The first-order chi connectivity index (χ1) is 10.1. The predicted molar refractivity (Wildman–Crippen MR) is 75.8 cm³/mol. The standard InChI is InChI=1S/C15H9F3N2S/c16-15(17,18)12-5-2-1-4-10(12)11-8-19-9-20-14(11)13-6-3-7-21-13/h1-9H. The zero-order valence-electron chi connectivity index (χ0n) is 10.6. The van der Waals surface area contributed by atoms with Gasteiger partial charge in [-0.1, -0.05) is 24.3 Å². The van der Waals surface area contributed by atoms with Crippen molar-refractivity contribution in [3.05, 3.63) is 59.9 Å². The summed E-state index contributed by atoms with van der Waals surface area (Å²) in [6.45, 7) is 0. The van der Waals surface area contributed by atoms with E-state index in [0.717, 1.165) is 10.9 Å². The second kappa shape index (κ2) is 5.29. The van der Waals surface area contributed by atoms with Crippen molar-refractivity contribution in [2.45, 2.75) is 6.18 Å². The molecule has 6 heteroatoms. The number of aromatic nitrogens is 2. The Labute approximate surface area is 122 Å². The molecular weight excluding hydrogens is 297 g/mol. The van der Waals surface area contributed by atoms with Crippen molar-refractivity contribution in [1.82, 2.24) is 9.97 Å². The number of nitrogens with zero attached hydrogens (tertiary/aromatic N) is 2. The SMILES string of the molecule is FC(F)(F)c1ccccc1-c1cncnc1-c1cccs1. The molecule has 0 spiro atoms. The van der Waals surface area contributed by atoms with Gasteiger partial charge in [0.2, 0.25) is 0 Å². The van der Waals surface area contributed by atoms with Gasteiger partial charge >= 0.3 is 6.18 Å². The lowest BCUT2D eigenvalue weighted by Crippen LogP contribution is -2.07. The van der Waals surface area contributed by atoms with Crippen molar-refractivity contribution in [1.29, 1.82) is 0 Å². The lowest BCUT2D eigenvalue weighted by atomic mass is 9.98. The summed E-state index contributed by atoms with van der Waals surface area (Å²) in [7, 11) is 0. The summed E-state index contributed by atoms with van der Waals surface area (Å²) >= 11 is 1.43. The Kier molecular flexibility index (Phi) is 3.47. The highest BCUT2D eigenvalue weighted by atomic mass is 32.1. The third kappa shape index (κ3) is 2.67. The summed E-state index contributed by atoms with van der Waals surface area (Å²) in [6.07, 6.45) is -1.65. The predicted octanol–water partition coefficient (Wildman–Crippen LogP) is 4.89. The lowest BCUT2D eigenvalue weighted by Gasteiger charge is -2.14. The summed E-state index contributed by atoms with van der Waals surface area (Å²) in [5.41, 5.74) is 0.302. The maximum absolute atomic E-state index is 13.2. The summed E-state index contributed by atoms with van der Waals surface area (Å²) in [6, 6.07) is 9.13. The summed E-state index contributed by atoms with van der Waals surface area (Å²) in [4.78, 5) is 8.84. The van der Waals surface area contributed by atoms with Gasteiger partial charge in [-0.25, -0.2) is 9.97 Å². The van der Waals surface area contributed by atoms with Crippen LogP contribution < -0.4 is 0 Å². The molecule has 0 fully saturated rings. The highest BCUT2D eigenvalue weighted by molar-refractivity contribution is 7.13. The van der Waals surface area contributed by atoms with E-state index < -0.39 is 11.7 Å². The molecule has 1 aromatic carbocycles. The van der Waals surface area contributed by atoms with Crippen LogP contribution in [0.25, 0.3) is 21.7 Å². The van der Waals surface area contributed by atoms with Crippen LogP contribution >= 0.6 is 11.3 Å². The zero-order valence-corrected chi connectivity index (χ0v) is 11.4. The first-order valence-electron chi connectivity index (χ1n) is 6.08. The highest BCUT2D eigenvalue weighted by Crippen LogP contribution is 2.40. The van der Waals surface area contributed by atoms with Gasteiger partial charge in [0.05, 0.1) is 16.1 Å². The Morgan fingerprint density at radius 2 is 1.76 bits per heavy atom. The molecule has 2 nitrogen and oxygen atoms in total. The van der Waals surface area contributed by atoms with Crippen LogP contribution in [0.4, 0.5) is 13.2 Å². The Balaban J connectivity index is 2.24. The molecule has 0 saturated carbocycles. The molecular formula is C15H9F3N2S. The van der Waals surface area contributed by atoms with Crippen LogP contribution in [0.3, 0.4) is 0 Å². The molecule has 0 amide bonds. The van der Waals surface area contributed by atoms with Crippen LogP contribution in [0.5, 0.6) is 0 Å². The van der Waals surface area contributed by atoms with E-state index >= 15 is 0 Å². The lowest BCUT2D eigenvalue weighted by molar-refractivity contribution is -0.137. The minimum absolute atomic E-state index is 0.0917.